The molecule has 0 aliphatic rings. The van der Waals surface area contributed by atoms with Crippen molar-refractivity contribution in [1.29, 1.82) is 0 Å². The molecule has 1 rings (SSSR count). The quantitative estimate of drug-likeness (QED) is 0.624. The van der Waals surface area contributed by atoms with Crippen LogP contribution in [-0.2, 0) is 4.79 Å². The van der Waals surface area contributed by atoms with E-state index < -0.39 is 17.9 Å². The number of carbonyl (C=O) groups is 2. The molecule has 0 saturated carbocycles. The molecule has 17 heavy (non-hydrogen) atoms. The molecule has 1 heterocycles. The Morgan fingerprint density at radius 1 is 1.65 bits per heavy atom. The van der Waals surface area contributed by atoms with Crippen molar-refractivity contribution in [3.63, 3.8) is 0 Å². The summed E-state index contributed by atoms with van der Waals surface area (Å²) in [6.45, 7) is 0. The Balaban J connectivity index is 2.86. The summed E-state index contributed by atoms with van der Waals surface area (Å²) in [4.78, 5) is 25.5. The highest BCUT2D eigenvalue weighted by atomic mass is 16.4. The number of primary amides is 1. The fourth-order valence-electron chi connectivity index (χ4n) is 1.17. The number of amides is 1. The third-order valence-electron chi connectivity index (χ3n) is 1.97. The summed E-state index contributed by atoms with van der Waals surface area (Å²) in [7, 11) is 0. The molecule has 88 valence electrons. The van der Waals surface area contributed by atoms with Gasteiger partial charge in [-0.15, -0.1) is 12.3 Å². The van der Waals surface area contributed by atoms with Crippen LogP contribution in [0.25, 0.3) is 0 Å². The van der Waals surface area contributed by atoms with Crippen molar-refractivity contribution < 1.29 is 14.7 Å². The number of carbonyl (C=O) groups excluding carboxylic acids is 1. The van der Waals surface area contributed by atoms with Gasteiger partial charge in [-0.05, 0) is 12.1 Å². The Kier molecular flexibility index (Phi) is 4.06. The van der Waals surface area contributed by atoms with Crippen molar-refractivity contribution in [2.24, 2.45) is 5.73 Å². The van der Waals surface area contributed by atoms with Gasteiger partial charge in [-0.1, -0.05) is 0 Å². The maximum Gasteiger partial charge on any atom is 0.327 e. The zero-order valence-electron chi connectivity index (χ0n) is 8.88. The van der Waals surface area contributed by atoms with E-state index in [0.717, 1.165) is 0 Å². The highest BCUT2D eigenvalue weighted by molar-refractivity contribution is 5.91. The molecule has 0 aliphatic carbocycles. The van der Waals surface area contributed by atoms with Crippen LogP contribution in [0.2, 0.25) is 0 Å². The molecule has 0 aliphatic heterocycles. The molecule has 0 bridgehead atoms. The van der Waals surface area contributed by atoms with Crippen LogP contribution in [0.4, 0.5) is 5.69 Å². The fraction of sp³-hybridized carbons (Fsp3) is 0.182. The first kappa shape index (κ1) is 12.5. The molecule has 0 aromatic carbocycles. The molecule has 1 aromatic rings. The second-order valence-electron chi connectivity index (χ2n) is 3.24. The number of terminal acetylenes is 1. The first-order chi connectivity index (χ1) is 8.04. The molecule has 0 saturated heterocycles. The topological polar surface area (TPSA) is 105 Å². The number of hydrogen-bond acceptors (Lipinski definition) is 4. The number of aliphatic carboxylic acids is 1. The normalized spacial score (nSPS) is 11.2. The number of nitrogens with two attached hydrogens (primary N) is 1. The van der Waals surface area contributed by atoms with E-state index in [-0.39, 0.29) is 12.1 Å². The number of hydrogen-bond donors (Lipinski definition) is 3. The van der Waals surface area contributed by atoms with Gasteiger partial charge in [0.2, 0.25) is 0 Å². The Labute approximate surface area is 97.8 Å². The molecule has 0 fully saturated rings. The van der Waals surface area contributed by atoms with Gasteiger partial charge in [0.15, 0.2) is 0 Å². The molecule has 0 radical (unpaired) electrons. The maximum absolute atomic E-state index is 10.9. The Bertz CT molecular complexity index is 479. The number of pyridine rings is 1. The maximum atomic E-state index is 10.9. The van der Waals surface area contributed by atoms with Crippen molar-refractivity contribution in [2.75, 3.05) is 5.32 Å². The number of nitrogens with zero attached hydrogens (tertiary/aromatic N) is 1. The highest BCUT2D eigenvalue weighted by Gasteiger charge is 2.16. The van der Waals surface area contributed by atoms with Crippen LogP contribution in [0.15, 0.2) is 18.3 Å². The molecule has 6 heteroatoms. The zero-order valence-corrected chi connectivity index (χ0v) is 8.88. The molecular formula is C11H11N3O3. The van der Waals surface area contributed by atoms with E-state index in [1.54, 1.807) is 0 Å². The van der Waals surface area contributed by atoms with E-state index in [9.17, 15) is 9.59 Å². The average molecular weight is 233 g/mol. The second-order valence-corrected chi connectivity index (χ2v) is 3.24. The molecule has 1 aromatic heterocycles. The Morgan fingerprint density at radius 2 is 2.35 bits per heavy atom. The number of nitrogens with one attached hydrogen (secondary N) is 1. The minimum atomic E-state index is -1.07. The van der Waals surface area contributed by atoms with Gasteiger partial charge in [-0.2, -0.15) is 0 Å². The standard InChI is InChI=1S/C11H11N3O3/c1-2-3-8(11(16)17)14-7-4-5-13-9(6-7)10(12)15/h1,4-6,8H,3H2,(H2,12,15)(H,13,14)(H,16,17). The fourth-order valence-corrected chi connectivity index (χ4v) is 1.17. The molecule has 0 spiro atoms. The number of carboxylic acid groups (broad SMARTS) is 1. The van der Waals surface area contributed by atoms with Gasteiger partial charge in [0, 0.05) is 18.3 Å². The molecular weight excluding hydrogens is 222 g/mol. The molecule has 1 amide bonds. The monoisotopic (exact) mass is 233 g/mol. The molecule has 1 unspecified atom stereocenters. The van der Waals surface area contributed by atoms with Gasteiger partial charge >= 0.3 is 5.97 Å². The van der Waals surface area contributed by atoms with Gasteiger partial charge in [-0.3, -0.25) is 9.78 Å². The van der Waals surface area contributed by atoms with Crippen LogP contribution < -0.4 is 11.1 Å². The van der Waals surface area contributed by atoms with Gasteiger partial charge in [0.1, 0.15) is 11.7 Å². The van der Waals surface area contributed by atoms with Crippen LogP contribution >= 0.6 is 0 Å². The lowest BCUT2D eigenvalue weighted by molar-refractivity contribution is -0.137. The molecule has 6 nitrogen and oxygen atoms in total. The van der Waals surface area contributed by atoms with E-state index in [1.165, 1.54) is 18.3 Å². The Hall–Kier alpha value is -2.55. The summed E-state index contributed by atoms with van der Waals surface area (Å²) < 4.78 is 0. The van der Waals surface area contributed by atoms with Crippen molar-refractivity contribution in [2.45, 2.75) is 12.5 Å². The van der Waals surface area contributed by atoms with Crippen molar-refractivity contribution >= 4 is 17.6 Å². The second kappa shape index (κ2) is 5.51. The minimum absolute atomic E-state index is 0.0313. The van der Waals surface area contributed by atoms with Crippen molar-refractivity contribution in [1.82, 2.24) is 4.98 Å². The van der Waals surface area contributed by atoms with E-state index in [0.29, 0.717) is 5.69 Å². The third-order valence-corrected chi connectivity index (χ3v) is 1.97. The summed E-state index contributed by atoms with van der Waals surface area (Å²) in [6, 6.07) is 1.98. The summed E-state index contributed by atoms with van der Waals surface area (Å²) in [6.07, 6.45) is 6.45. The number of aromatic nitrogens is 1. The average Bonchev–Trinajstić information content (AvgIpc) is 2.28. The lowest BCUT2D eigenvalue weighted by atomic mass is 10.2. The zero-order chi connectivity index (χ0) is 12.8. The van der Waals surface area contributed by atoms with E-state index in [2.05, 4.69) is 16.2 Å². The molecule has 1 atom stereocenters. The van der Waals surface area contributed by atoms with Crippen LogP contribution in [-0.4, -0.2) is 28.0 Å². The summed E-state index contributed by atoms with van der Waals surface area (Å²) in [5, 5.41) is 11.6. The van der Waals surface area contributed by atoms with Crippen LogP contribution in [0.5, 0.6) is 0 Å². The van der Waals surface area contributed by atoms with E-state index >= 15 is 0 Å². The first-order valence-electron chi connectivity index (χ1n) is 4.73. The van der Waals surface area contributed by atoms with Crippen LogP contribution in [0.3, 0.4) is 0 Å². The van der Waals surface area contributed by atoms with Crippen LogP contribution in [0.1, 0.15) is 16.9 Å². The third kappa shape index (κ3) is 3.50. The Morgan fingerprint density at radius 3 is 2.88 bits per heavy atom. The van der Waals surface area contributed by atoms with Crippen molar-refractivity contribution in [3.8, 4) is 12.3 Å². The van der Waals surface area contributed by atoms with Gasteiger partial charge < -0.3 is 16.2 Å². The number of anilines is 1. The smallest absolute Gasteiger partial charge is 0.327 e. The van der Waals surface area contributed by atoms with Crippen molar-refractivity contribution in [3.05, 3.63) is 24.0 Å². The van der Waals surface area contributed by atoms with Gasteiger partial charge in [-0.25, -0.2) is 4.79 Å². The van der Waals surface area contributed by atoms with Gasteiger partial charge in [0.25, 0.3) is 5.91 Å². The predicted molar refractivity (Wildman–Crippen MR) is 61.3 cm³/mol. The predicted octanol–water partition coefficient (Wildman–Crippen LogP) is 0.0689. The first-order valence-corrected chi connectivity index (χ1v) is 4.73. The summed E-state index contributed by atoms with van der Waals surface area (Å²) >= 11 is 0. The highest BCUT2D eigenvalue weighted by Crippen LogP contribution is 2.10. The summed E-state index contributed by atoms with van der Waals surface area (Å²) in [5.74, 6) is 0.504. The largest absolute Gasteiger partial charge is 0.480 e. The minimum Gasteiger partial charge on any atom is -0.480 e. The van der Waals surface area contributed by atoms with Gasteiger partial charge in [0.05, 0.1) is 0 Å². The lowest BCUT2D eigenvalue weighted by Crippen LogP contribution is -2.28. The molecule has 4 N–H and O–H groups in total. The van der Waals surface area contributed by atoms with E-state index in [1.807, 2.05) is 0 Å². The SMILES string of the molecule is C#CCC(Nc1ccnc(C(N)=O)c1)C(=O)O. The summed E-state index contributed by atoms with van der Waals surface area (Å²) in [5.41, 5.74) is 5.54. The number of carboxylic acids is 1. The lowest BCUT2D eigenvalue weighted by Gasteiger charge is -2.13. The number of rotatable bonds is 5. The van der Waals surface area contributed by atoms with E-state index in [4.69, 9.17) is 17.3 Å². The van der Waals surface area contributed by atoms with Crippen LogP contribution in [0, 0.1) is 12.3 Å².